The van der Waals surface area contributed by atoms with Gasteiger partial charge in [-0.3, -0.25) is 14.4 Å². The molecule has 0 aliphatic carbocycles. The van der Waals surface area contributed by atoms with Crippen LogP contribution in [0.5, 0.6) is 0 Å². The van der Waals surface area contributed by atoms with Crippen LogP contribution in [0.15, 0.2) is 36.4 Å². The van der Waals surface area contributed by atoms with Gasteiger partial charge in [-0.2, -0.15) is 26.3 Å². The summed E-state index contributed by atoms with van der Waals surface area (Å²) in [5.74, 6) is -2.01. The Kier molecular flexibility index (Phi) is 7.18. The minimum atomic E-state index is -5.12. The van der Waals surface area contributed by atoms with Crippen molar-refractivity contribution >= 4 is 41.3 Å². The Morgan fingerprint density at radius 1 is 0.882 bits per heavy atom. The summed E-state index contributed by atoms with van der Waals surface area (Å²) in [7, 11) is 0. The van der Waals surface area contributed by atoms with E-state index in [9.17, 15) is 40.7 Å². The van der Waals surface area contributed by atoms with Crippen LogP contribution >= 0.6 is 23.2 Å². The van der Waals surface area contributed by atoms with Gasteiger partial charge in [0.05, 0.1) is 27.2 Å². The maximum absolute atomic E-state index is 13.2. The molecule has 1 atom stereocenters. The van der Waals surface area contributed by atoms with Gasteiger partial charge in [-0.25, -0.2) is 0 Å². The normalized spacial score (nSPS) is 17.0. The van der Waals surface area contributed by atoms with Crippen LogP contribution in [0, 0.1) is 0 Å². The highest BCUT2D eigenvalue weighted by Gasteiger charge is 2.39. The molecule has 1 aliphatic rings. The molecule has 0 saturated carbocycles. The van der Waals surface area contributed by atoms with Gasteiger partial charge in [0.15, 0.2) is 0 Å². The van der Waals surface area contributed by atoms with Gasteiger partial charge >= 0.3 is 12.4 Å². The van der Waals surface area contributed by atoms with Gasteiger partial charge in [0.1, 0.15) is 0 Å². The molecule has 2 aromatic carbocycles. The van der Waals surface area contributed by atoms with E-state index in [4.69, 9.17) is 23.2 Å². The van der Waals surface area contributed by atoms with E-state index in [2.05, 4.69) is 0 Å². The maximum Gasteiger partial charge on any atom is 0.416 e. The first kappa shape index (κ1) is 25.8. The second-order valence-electron chi connectivity index (χ2n) is 7.38. The topological polar surface area (TPSA) is 57.7 Å². The van der Waals surface area contributed by atoms with Gasteiger partial charge in [-0.05, 0) is 35.9 Å². The monoisotopic (exact) mass is 526 g/mol. The van der Waals surface area contributed by atoms with Gasteiger partial charge in [0.25, 0.3) is 11.8 Å². The maximum atomic E-state index is 13.2. The predicted molar refractivity (Wildman–Crippen MR) is 109 cm³/mol. The second kappa shape index (κ2) is 9.46. The lowest BCUT2D eigenvalue weighted by Crippen LogP contribution is -2.52. The van der Waals surface area contributed by atoms with E-state index in [0.717, 1.165) is 9.80 Å². The molecule has 1 unspecified atom stereocenters. The summed E-state index contributed by atoms with van der Waals surface area (Å²) in [5.41, 5.74) is -3.70. The number of hydrogen-bond acceptors (Lipinski definition) is 3. The fourth-order valence-corrected chi connectivity index (χ4v) is 3.87. The number of hydrogen-bond donors (Lipinski definition) is 0. The van der Waals surface area contributed by atoms with Crippen molar-refractivity contribution in [3.63, 3.8) is 0 Å². The molecule has 1 fully saturated rings. The molecular formula is C21H14Cl2F6N2O3. The Morgan fingerprint density at radius 3 is 1.97 bits per heavy atom. The first-order chi connectivity index (χ1) is 15.7. The fraction of sp³-hybridized carbons (Fsp3) is 0.286. The van der Waals surface area contributed by atoms with Crippen molar-refractivity contribution in [1.82, 2.24) is 9.80 Å². The third-order valence-corrected chi connectivity index (χ3v) is 5.95. The quantitative estimate of drug-likeness (QED) is 0.311. The number of alkyl halides is 6. The molecule has 2 amide bonds. The van der Waals surface area contributed by atoms with Crippen LogP contribution in [-0.4, -0.2) is 47.5 Å². The first-order valence-electron chi connectivity index (χ1n) is 9.52. The molecule has 3 rings (SSSR count). The molecular weight excluding hydrogens is 513 g/mol. The van der Waals surface area contributed by atoms with E-state index in [1.165, 1.54) is 18.2 Å². The standard InChI is InChI=1S/C21H14Cl2F6N2O3/c22-15-2-1-11(7-16(15)23)17-9-30(3-4-31(17)18(33)10-32)19(34)12-5-13(20(24,25)26)8-14(6-12)21(27,28)29/h1-2,5-8,10,17H,3-4,9H2. The van der Waals surface area contributed by atoms with E-state index >= 15 is 0 Å². The molecule has 0 bridgehead atoms. The summed E-state index contributed by atoms with van der Waals surface area (Å²) in [6, 6.07) is 3.94. The lowest BCUT2D eigenvalue weighted by atomic mass is 10.00. The van der Waals surface area contributed by atoms with Crippen molar-refractivity contribution < 1.29 is 40.7 Å². The Hall–Kier alpha value is -2.79. The largest absolute Gasteiger partial charge is 0.416 e. The van der Waals surface area contributed by atoms with Crippen LogP contribution < -0.4 is 0 Å². The SMILES string of the molecule is O=CC(=O)N1CCN(C(=O)c2cc(C(F)(F)F)cc(C(F)(F)F)c2)CC1c1ccc(Cl)c(Cl)c1. The third kappa shape index (κ3) is 5.47. The van der Waals surface area contributed by atoms with Crippen LogP contribution in [0.1, 0.15) is 33.1 Å². The molecule has 2 aromatic rings. The smallest absolute Gasteiger partial charge is 0.334 e. The van der Waals surface area contributed by atoms with E-state index in [1.807, 2.05) is 0 Å². The summed E-state index contributed by atoms with van der Waals surface area (Å²) in [6.07, 6.45) is -10.2. The highest BCUT2D eigenvalue weighted by molar-refractivity contribution is 6.42. The van der Waals surface area contributed by atoms with Crippen molar-refractivity contribution in [3.05, 3.63) is 68.7 Å². The molecule has 0 N–H and O–H groups in total. The summed E-state index contributed by atoms with van der Waals surface area (Å²) >= 11 is 11.9. The average molecular weight is 527 g/mol. The van der Waals surface area contributed by atoms with E-state index in [0.29, 0.717) is 17.7 Å². The van der Waals surface area contributed by atoms with Gasteiger partial charge in [-0.1, -0.05) is 29.3 Å². The summed E-state index contributed by atoms with van der Waals surface area (Å²) in [5, 5.41) is 0.292. The lowest BCUT2D eigenvalue weighted by Gasteiger charge is -2.41. The Labute approximate surface area is 198 Å². The zero-order chi connectivity index (χ0) is 25.4. The minimum absolute atomic E-state index is 0.0599. The molecule has 1 heterocycles. The van der Waals surface area contributed by atoms with Gasteiger partial charge in [0, 0.05) is 25.2 Å². The van der Waals surface area contributed by atoms with Crippen LogP contribution in [0.4, 0.5) is 26.3 Å². The van der Waals surface area contributed by atoms with E-state index in [1.54, 1.807) is 0 Å². The number of benzene rings is 2. The van der Waals surface area contributed by atoms with Gasteiger partial charge in [0.2, 0.25) is 6.29 Å². The highest BCUT2D eigenvalue weighted by atomic mass is 35.5. The summed E-state index contributed by atoms with van der Waals surface area (Å²) in [4.78, 5) is 38.3. The molecule has 0 aromatic heterocycles. The molecule has 1 saturated heterocycles. The van der Waals surface area contributed by atoms with E-state index < -0.39 is 46.9 Å². The van der Waals surface area contributed by atoms with Gasteiger partial charge < -0.3 is 9.80 Å². The number of amides is 2. The molecule has 0 spiro atoms. The molecule has 5 nitrogen and oxygen atoms in total. The molecule has 1 aliphatic heterocycles. The number of carbonyl (C=O) groups excluding carboxylic acids is 3. The van der Waals surface area contributed by atoms with Crippen molar-refractivity contribution in [2.75, 3.05) is 19.6 Å². The fourth-order valence-electron chi connectivity index (χ4n) is 3.56. The number of halogens is 8. The Bertz CT molecular complexity index is 1100. The Morgan fingerprint density at radius 2 is 1.47 bits per heavy atom. The number of aldehydes is 1. The zero-order valence-corrected chi connectivity index (χ0v) is 18.4. The predicted octanol–water partition coefficient (Wildman–Crippen LogP) is 5.26. The number of piperazine rings is 1. The molecule has 0 radical (unpaired) electrons. The molecule has 182 valence electrons. The lowest BCUT2D eigenvalue weighted by molar-refractivity contribution is -0.143. The molecule has 13 heteroatoms. The molecule has 34 heavy (non-hydrogen) atoms. The Balaban J connectivity index is 2.00. The van der Waals surface area contributed by atoms with Crippen LogP contribution in [-0.2, 0) is 21.9 Å². The van der Waals surface area contributed by atoms with E-state index in [-0.39, 0.29) is 42.0 Å². The van der Waals surface area contributed by atoms with Crippen molar-refractivity contribution in [1.29, 1.82) is 0 Å². The number of carbonyl (C=O) groups is 3. The van der Waals surface area contributed by atoms with Crippen molar-refractivity contribution in [3.8, 4) is 0 Å². The zero-order valence-electron chi connectivity index (χ0n) is 16.9. The number of rotatable bonds is 3. The third-order valence-electron chi connectivity index (χ3n) is 5.21. The van der Waals surface area contributed by atoms with Crippen molar-refractivity contribution in [2.45, 2.75) is 18.4 Å². The minimum Gasteiger partial charge on any atom is -0.334 e. The van der Waals surface area contributed by atoms with Crippen LogP contribution in [0.25, 0.3) is 0 Å². The first-order valence-corrected chi connectivity index (χ1v) is 10.3. The van der Waals surface area contributed by atoms with Crippen molar-refractivity contribution in [2.24, 2.45) is 0 Å². The average Bonchev–Trinajstić information content (AvgIpc) is 2.78. The van der Waals surface area contributed by atoms with Gasteiger partial charge in [-0.15, -0.1) is 0 Å². The number of nitrogens with zero attached hydrogens (tertiary/aromatic N) is 2. The second-order valence-corrected chi connectivity index (χ2v) is 8.20. The summed E-state index contributed by atoms with van der Waals surface area (Å²) in [6.45, 7) is -0.735. The highest BCUT2D eigenvalue weighted by Crippen LogP contribution is 2.37. The van der Waals surface area contributed by atoms with Crippen LogP contribution in [0.3, 0.4) is 0 Å². The van der Waals surface area contributed by atoms with Crippen LogP contribution in [0.2, 0.25) is 10.0 Å². The summed E-state index contributed by atoms with van der Waals surface area (Å²) < 4.78 is 79.1.